The minimum absolute atomic E-state index is 0. The number of nitrogens with two attached hydrogens (primary N) is 2. The molecule has 1 rings (SSSR count). The van der Waals surface area contributed by atoms with Crippen molar-refractivity contribution in [3.05, 3.63) is 24.3 Å². The number of nitrogen functional groups attached to an aromatic ring is 2. The van der Waals surface area contributed by atoms with Crippen LogP contribution in [-0.4, -0.2) is 43.9 Å². The Morgan fingerprint density at radius 1 is 1.18 bits per heavy atom. The maximum atomic E-state index is 8.88. The molecule has 0 saturated carbocycles. The van der Waals surface area contributed by atoms with Crippen LogP contribution in [0.3, 0.4) is 0 Å². The van der Waals surface area contributed by atoms with Gasteiger partial charge in [-0.1, -0.05) is 6.07 Å². The largest absolute Gasteiger partial charge is 1.00 e. The Hall–Kier alpha value is -0.240. The summed E-state index contributed by atoms with van der Waals surface area (Å²) in [6.07, 6.45) is 0. The first-order valence-electron chi connectivity index (χ1n) is 4.89. The van der Waals surface area contributed by atoms with Gasteiger partial charge in [0.05, 0.1) is 0 Å². The number of rotatable bonds is 0. The van der Waals surface area contributed by atoms with Crippen molar-refractivity contribution in [1.29, 1.82) is 0 Å². The van der Waals surface area contributed by atoms with Gasteiger partial charge in [0.25, 0.3) is 0 Å². The molecular weight excluding hydrogens is 354 g/mol. The Kier molecular flexibility index (Phi) is 21.1. The van der Waals surface area contributed by atoms with Crippen LogP contribution in [0, 0.1) is 0 Å². The SMILES string of the molecule is CCO.Nc1cccc(N)c1.O=P(O)(O)O.O=S(=O)([O-])O.[Na+]. The number of benzene rings is 1. The van der Waals surface area contributed by atoms with E-state index in [4.69, 9.17) is 53.3 Å². The zero-order valence-corrected chi connectivity index (χ0v) is 15.6. The number of aliphatic hydroxyl groups excluding tert-OH is 1. The Balaban J connectivity index is -0.000000103. The van der Waals surface area contributed by atoms with Gasteiger partial charge in [0.1, 0.15) is 0 Å². The van der Waals surface area contributed by atoms with Crippen LogP contribution in [0.15, 0.2) is 24.3 Å². The summed E-state index contributed by atoms with van der Waals surface area (Å²) in [7, 11) is -9.56. The fourth-order valence-electron chi connectivity index (χ4n) is 0.559. The van der Waals surface area contributed by atoms with Crippen LogP contribution in [0.1, 0.15) is 6.92 Å². The summed E-state index contributed by atoms with van der Waals surface area (Å²) in [5.74, 6) is 0. The van der Waals surface area contributed by atoms with Gasteiger partial charge < -0.3 is 35.8 Å². The molecule has 0 amide bonds. The Morgan fingerprint density at radius 3 is 1.45 bits per heavy atom. The zero-order chi connectivity index (χ0) is 17.7. The van der Waals surface area contributed by atoms with E-state index in [1.54, 1.807) is 25.1 Å². The zero-order valence-electron chi connectivity index (χ0n) is 11.9. The standard InChI is InChI=1S/C6H8N2.C2H6O.Na.H3O4P.H2O4S/c7-5-2-1-3-6(8)4-5;1-2-3;;2*1-5(2,3)4/h1-4H,7-8H2;3H,2H2,1H3;;(H3,1,2,3,4);(H2,1,2,3,4)/q;;+1;;/p-1. The molecular formula is C8H18N2NaO9PS. The Morgan fingerprint density at radius 2 is 1.36 bits per heavy atom. The predicted molar refractivity (Wildman–Crippen MR) is 74.6 cm³/mol. The molecule has 22 heavy (non-hydrogen) atoms. The summed E-state index contributed by atoms with van der Waals surface area (Å²) in [6, 6.07) is 7.15. The van der Waals surface area contributed by atoms with E-state index in [9.17, 15) is 0 Å². The van der Waals surface area contributed by atoms with Crippen LogP contribution < -0.4 is 41.0 Å². The molecule has 0 aliphatic heterocycles. The van der Waals surface area contributed by atoms with Crippen LogP contribution in [-0.2, 0) is 15.0 Å². The summed E-state index contributed by atoms with van der Waals surface area (Å²) in [5.41, 5.74) is 12.2. The van der Waals surface area contributed by atoms with E-state index < -0.39 is 18.2 Å². The number of aliphatic hydroxyl groups is 1. The van der Waals surface area contributed by atoms with E-state index in [0.717, 1.165) is 0 Å². The van der Waals surface area contributed by atoms with Crippen molar-refractivity contribution in [2.24, 2.45) is 0 Å². The first-order valence-corrected chi connectivity index (χ1v) is 7.82. The predicted octanol–water partition coefficient (Wildman–Crippen LogP) is -4.07. The third-order valence-electron chi connectivity index (χ3n) is 0.911. The van der Waals surface area contributed by atoms with Crippen molar-refractivity contribution in [2.75, 3.05) is 18.1 Å². The Bertz CT molecular complexity index is 489. The van der Waals surface area contributed by atoms with Gasteiger partial charge in [-0.2, -0.15) is 0 Å². The maximum Gasteiger partial charge on any atom is 1.00 e. The van der Waals surface area contributed by atoms with Gasteiger partial charge in [0.15, 0.2) is 0 Å². The molecule has 1 aromatic rings. The van der Waals surface area contributed by atoms with Crippen LogP contribution in [0.25, 0.3) is 0 Å². The van der Waals surface area contributed by atoms with E-state index in [0.29, 0.717) is 11.4 Å². The maximum absolute atomic E-state index is 8.88. The van der Waals surface area contributed by atoms with Gasteiger partial charge in [-0.25, -0.2) is 13.0 Å². The first kappa shape index (κ1) is 29.7. The fraction of sp³-hybridized carbons (Fsp3) is 0.250. The summed E-state index contributed by atoms with van der Waals surface area (Å²) in [4.78, 5) is 21.6. The molecule has 0 heterocycles. The minimum Gasteiger partial charge on any atom is -0.726 e. The summed E-state index contributed by atoms with van der Waals surface area (Å²) < 4.78 is 41.7. The molecule has 0 fully saturated rings. The molecule has 0 saturated heterocycles. The monoisotopic (exact) mass is 372 g/mol. The summed E-state index contributed by atoms with van der Waals surface area (Å²) >= 11 is 0. The normalized spacial score (nSPS) is 9.41. The van der Waals surface area contributed by atoms with E-state index in [-0.39, 0.29) is 36.2 Å². The van der Waals surface area contributed by atoms with Crippen LogP contribution >= 0.6 is 7.82 Å². The molecule has 0 bridgehead atoms. The summed E-state index contributed by atoms with van der Waals surface area (Å²) in [5, 5.41) is 7.57. The third kappa shape index (κ3) is 73.0. The number of anilines is 2. The van der Waals surface area contributed by atoms with E-state index in [2.05, 4.69) is 0 Å². The molecule has 11 nitrogen and oxygen atoms in total. The molecule has 126 valence electrons. The molecule has 0 aromatic heterocycles. The average Bonchev–Trinajstić information content (AvgIpc) is 2.12. The van der Waals surface area contributed by atoms with Crippen molar-refractivity contribution < 1.29 is 71.4 Å². The summed E-state index contributed by atoms with van der Waals surface area (Å²) in [6.45, 7) is 1.93. The number of hydrogen-bond acceptors (Lipinski definition) is 7. The van der Waals surface area contributed by atoms with E-state index in [1.165, 1.54) is 0 Å². The molecule has 0 aliphatic carbocycles. The molecule has 0 atom stereocenters. The third-order valence-corrected chi connectivity index (χ3v) is 0.911. The van der Waals surface area contributed by atoms with Crippen LogP contribution in [0.4, 0.5) is 11.4 Å². The molecule has 0 unspecified atom stereocenters. The Labute approximate surface area is 150 Å². The smallest absolute Gasteiger partial charge is 0.726 e. The van der Waals surface area contributed by atoms with E-state index in [1.807, 2.05) is 6.07 Å². The molecule has 14 heteroatoms. The van der Waals surface area contributed by atoms with Crippen molar-refractivity contribution in [2.45, 2.75) is 6.92 Å². The second-order valence-electron chi connectivity index (χ2n) is 2.93. The first-order chi connectivity index (χ1) is 9.20. The second kappa shape index (κ2) is 15.6. The molecule has 0 aliphatic rings. The van der Waals surface area contributed by atoms with E-state index >= 15 is 0 Å². The second-order valence-corrected chi connectivity index (χ2v) is 4.81. The van der Waals surface area contributed by atoms with Crippen molar-refractivity contribution in [3.63, 3.8) is 0 Å². The van der Waals surface area contributed by atoms with Crippen LogP contribution in [0.5, 0.6) is 0 Å². The molecule has 1 aromatic carbocycles. The molecule has 9 N–H and O–H groups in total. The van der Waals surface area contributed by atoms with Gasteiger partial charge in [0.2, 0.25) is 10.4 Å². The quantitative estimate of drug-likeness (QED) is 0.0761. The average molecular weight is 372 g/mol. The van der Waals surface area contributed by atoms with Crippen molar-refractivity contribution in [3.8, 4) is 0 Å². The number of hydrogen-bond donors (Lipinski definition) is 7. The van der Waals surface area contributed by atoms with Gasteiger partial charge >= 0.3 is 37.4 Å². The van der Waals surface area contributed by atoms with Gasteiger partial charge in [-0.05, 0) is 25.1 Å². The molecule has 0 radical (unpaired) electrons. The fourth-order valence-corrected chi connectivity index (χ4v) is 0.559. The van der Waals surface area contributed by atoms with Crippen molar-refractivity contribution >= 4 is 29.6 Å². The molecule has 0 spiro atoms. The van der Waals surface area contributed by atoms with Gasteiger partial charge in [-0.3, -0.25) is 4.55 Å². The van der Waals surface area contributed by atoms with Crippen molar-refractivity contribution in [1.82, 2.24) is 0 Å². The number of phosphoric acid groups is 1. The van der Waals surface area contributed by atoms with Gasteiger partial charge in [-0.15, -0.1) is 0 Å². The van der Waals surface area contributed by atoms with Crippen LogP contribution in [0.2, 0.25) is 0 Å². The van der Waals surface area contributed by atoms with Gasteiger partial charge in [0, 0.05) is 18.0 Å². The minimum atomic E-state index is -4.92. The topological polar surface area (TPSA) is 227 Å².